The fraction of sp³-hybridized carbons (Fsp3) is 0.273. The minimum absolute atomic E-state index is 0.352. The average Bonchev–Trinajstić information content (AvgIpc) is 2.68. The van der Waals surface area contributed by atoms with Crippen LogP contribution in [0, 0.1) is 0 Å². The molecule has 1 aliphatic rings. The Bertz CT molecular complexity index is 517. The summed E-state index contributed by atoms with van der Waals surface area (Å²) in [5, 5.41) is 0. The predicted octanol–water partition coefficient (Wildman–Crippen LogP) is 1.49. The van der Waals surface area contributed by atoms with E-state index in [1.807, 2.05) is 12.1 Å². The summed E-state index contributed by atoms with van der Waals surface area (Å²) in [5.74, 6) is -0.352. The van der Waals surface area contributed by atoms with Gasteiger partial charge >= 0.3 is 0 Å². The van der Waals surface area contributed by atoms with Gasteiger partial charge in [-0.1, -0.05) is 30.3 Å². The van der Waals surface area contributed by atoms with Gasteiger partial charge in [-0.2, -0.15) is 8.42 Å². The van der Waals surface area contributed by atoms with Gasteiger partial charge in [0.25, 0.3) is 10.1 Å². The maximum atomic E-state index is 10.7. The van der Waals surface area contributed by atoms with Crippen molar-refractivity contribution in [3.05, 3.63) is 41.5 Å². The van der Waals surface area contributed by atoms with E-state index in [0.717, 1.165) is 11.1 Å². The summed E-state index contributed by atoms with van der Waals surface area (Å²) >= 11 is 0. The van der Waals surface area contributed by atoms with Crippen molar-refractivity contribution < 1.29 is 17.7 Å². The zero-order chi connectivity index (χ0) is 11.6. The summed E-state index contributed by atoms with van der Waals surface area (Å²) in [6.07, 6.45) is 1.96. The van der Waals surface area contributed by atoms with Crippen LogP contribution in [0.3, 0.4) is 0 Å². The van der Waals surface area contributed by atoms with E-state index < -0.39 is 10.1 Å². The quantitative estimate of drug-likeness (QED) is 0.813. The van der Waals surface area contributed by atoms with Gasteiger partial charge in [-0.3, -0.25) is 4.55 Å². The van der Waals surface area contributed by atoms with Gasteiger partial charge in [-0.25, -0.2) is 0 Å². The zero-order valence-electron chi connectivity index (χ0n) is 8.59. The molecule has 0 spiro atoms. The van der Waals surface area contributed by atoms with Gasteiger partial charge in [0.2, 0.25) is 0 Å². The first-order valence-corrected chi connectivity index (χ1v) is 6.47. The number of hydrogen-bond donors (Lipinski definition) is 1. The van der Waals surface area contributed by atoms with Gasteiger partial charge in [0.1, 0.15) is 5.75 Å². The lowest BCUT2D eigenvalue weighted by Gasteiger charge is -2.04. The van der Waals surface area contributed by atoms with E-state index in [0.29, 0.717) is 18.8 Å². The van der Waals surface area contributed by atoms with Crippen LogP contribution in [0.1, 0.15) is 11.1 Å². The van der Waals surface area contributed by atoms with Crippen LogP contribution in [-0.4, -0.2) is 26.2 Å². The Hall–Kier alpha value is -1.17. The molecule has 1 N–H and O–H groups in total. The van der Waals surface area contributed by atoms with E-state index >= 15 is 0 Å². The summed E-state index contributed by atoms with van der Waals surface area (Å²) in [5.41, 5.74) is 2.57. The van der Waals surface area contributed by atoms with Crippen LogP contribution < -0.4 is 0 Å². The molecule has 0 saturated carbocycles. The molecule has 0 amide bonds. The van der Waals surface area contributed by atoms with E-state index in [4.69, 9.17) is 9.29 Å². The first-order chi connectivity index (χ1) is 7.54. The Balaban J connectivity index is 2.26. The Morgan fingerprint density at radius 3 is 2.81 bits per heavy atom. The Morgan fingerprint density at radius 1 is 1.38 bits per heavy atom. The van der Waals surface area contributed by atoms with Gasteiger partial charge in [0, 0.05) is 0 Å². The average molecular weight is 240 g/mol. The van der Waals surface area contributed by atoms with E-state index in [2.05, 4.69) is 0 Å². The van der Waals surface area contributed by atoms with E-state index in [9.17, 15) is 8.42 Å². The van der Waals surface area contributed by atoms with Gasteiger partial charge in [0.05, 0.1) is 13.2 Å². The lowest BCUT2D eigenvalue weighted by Crippen LogP contribution is -2.02. The zero-order valence-corrected chi connectivity index (χ0v) is 9.40. The molecule has 1 aromatic rings. The third kappa shape index (κ3) is 2.91. The maximum Gasteiger partial charge on any atom is 0.269 e. The smallest absolute Gasteiger partial charge is 0.269 e. The van der Waals surface area contributed by atoms with Crippen molar-refractivity contribution in [2.24, 2.45) is 0 Å². The van der Waals surface area contributed by atoms with Crippen molar-refractivity contribution in [2.45, 2.75) is 5.75 Å². The van der Waals surface area contributed by atoms with Gasteiger partial charge in [-0.15, -0.1) is 0 Å². The summed E-state index contributed by atoms with van der Waals surface area (Å²) in [6, 6.07) is 7.10. The second-order valence-electron chi connectivity index (χ2n) is 3.67. The molecule has 4 nitrogen and oxygen atoms in total. The van der Waals surface area contributed by atoms with Crippen molar-refractivity contribution in [1.82, 2.24) is 0 Å². The molecule has 0 aliphatic carbocycles. The first-order valence-electron chi connectivity index (χ1n) is 4.86. The van der Waals surface area contributed by atoms with Crippen LogP contribution >= 0.6 is 0 Å². The summed E-state index contributed by atoms with van der Waals surface area (Å²) in [7, 11) is -3.97. The van der Waals surface area contributed by atoms with Crippen LogP contribution in [0.2, 0.25) is 0 Å². The highest BCUT2D eigenvalue weighted by atomic mass is 32.2. The third-order valence-electron chi connectivity index (χ3n) is 2.35. The molecule has 2 rings (SSSR count). The lowest BCUT2D eigenvalue weighted by molar-refractivity contribution is 0.216. The van der Waals surface area contributed by atoms with Crippen LogP contribution in [-0.2, 0) is 20.6 Å². The second-order valence-corrected chi connectivity index (χ2v) is 5.12. The summed E-state index contributed by atoms with van der Waals surface area (Å²) in [6.45, 7) is 1.15. The Labute approximate surface area is 94.3 Å². The van der Waals surface area contributed by atoms with Gasteiger partial charge < -0.3 is 4.74 Å². The summed E-state index contributed by atoms with van der Waals surface area (Å²) in [4.78, 5) is 0. The molecule has 16 heavy (non-hydrogen) atoms. The number of ether oxygens (including phenoxy) is 1. The molecule has 0 radical (unpaired) electrons. The molecule has 0 atom stereocenters. The van der Waals surface area contributed by atoms with Crippen molar-refractivity contribution >= 4 is 15.7 Å². The second kappa shape index (κ2) is 4.37. The van der Waals surface area contributed by atoms with Crippen LogP contribution in [0.25, 0.3) is 5.57 Å². The molecule has 0 fully saturated rings. The molecular weight excluding hydrogens is 228 g/mol. The molecule has 1 aromatic carbocycles. The highest BCUT2D eigenvalue weighted by Crippen LogP contribution is 2.20. The highest BCUT2D eigenvalue weighted by Gasteiger charge is 2.10. The molecule has 0 unspecified atom stereocenters. The molecule has 0 aromatic heterocycles. The minimum atomic E-state index is -3.97. The van der Waals surface area contributed by atoms with Crippen molar-refractivity contribution in [2.75, 3.05) is 13.2 Å². The van der Waals surface area contributed by atoms with Gasteiger partial charge in [-0.05, 0) is 16.7 Å². The molecular formula is C11H12O4S. The first kappa shape index (κ1) is 11.3. The van der Waals surface area contributed by atoms with Crippen LogP contribution in [0.4, 0.5) is 0 Å². The lowest BCUT2D eigenvalue weighted by atomic mass is 10.1. The van der Waals surface area contributed by atoms with Crippen LogP contribution in [0.15, 0.2) is 30.3 Å². The van der Waals surface area contributed by atoms with E-state index in [1.54, 1.807) is 18.2 Å². The fourth-order valence-electron chi connectivity index (χ4n) is 1.66. The Morgan fingerprint density at radius 2 is 2.19 bits per heavy atom. The topological polar surface area (TPSA) is 63.6 Å². The third-order valence-corrected chi connectivity index (χ3v) is 3.05. The number of rotatable bonds is 3. The predicted molar refractivity (Wildman–Crippen MR) is 60.5 cm³/mol. The van der Waals surface area contributed by atoms with Crippen LogP contribution in [0.5, 0.6) is 0 Å². The van der Waals surface area contributed by atoms with E-state index in [-0.39, 0.29) is 5.75 Å². The van der Waals surface area contributed by atoms with Crippen molar-refractivity contribution in [1.29, 1.82) is 0 Å². The Kier molecular flexibility index (Phi) is 3.09. The standard InChI is InChI=1S/C11H12O4S/c12-16(13,14)8-9-2-1-3-10(6-9)11-4-5-15-7-11/h1-4,6H,5,7-8H2,(H,12,13,14). The molecule has 1 heterocycles. The highest BCUT2D eigenvalue weighted by molar-refractivity contribution is 7.85. The number of benzene rings is 1. The SMILES string of the molecule is O=S(=O)(O)Cc1cccc(C2=CCOC2)c1. The fourth-order valence-corrected chi connectivity index (χ4v) is 2.26. The normalized spacial score (nSPS) is 16.2. The molecule has 1 aliphatic heterocycles. The largest absolute Gasteiger partial charge is 0.373 e. The molecule has 0 saturated heterocycles. The number of hydrogen-bond acceptors (Lipinski definition) is 3. The van der Waals surface area contributed by atoms with Crippen molar-refractivity contribution in [3.8, 4) is 0 Å². The molecule has 5 heteroatoms. The molecule has 86 valence electrons. The van der Waals surface area contributed by atoms with Gasteiger partial charge in [0.15, 0.2) is 0 Å². The maximum absolute atomic E-state index is 10.7. The minimum Gasteiger partial charge on any atom is -0.373 e. The monoisotopic (exact) mass is 240 g/mol. The summed E-state index contributed by atoms with van der Waals surface area (Å²) < 4.78 is 35.5. The van der Waals surface area contributed by atoms with Crippen molar-refractivity contribution in [3.63, 3.8) is 0 Å². The van der Waals surface area contributed by atoms with E-state index in [1.165, 1.54) is 0 Å². The molecule has 0 bridgehead atoms.